The number of aliphatic hydroxyl groups is 1. The zero-order valence-corrected chi connectivity index (χ0v) is 13.2. The Kier molecular flexibility index (Phi) is 4.75. The Morgan fingerprint density at radius 2 is 2.10 bits per heavy atom. The van der Waals surface area contributed by atoms with E-state index in [0.717, 1.165) is 19.3 Å². The summed E-state index contributed by atoms with van der Waals surface area (Å²) in [4.78, 5) is 0.218. The average Bonchev–Trinajstić information content (AvgIpc) is 2.83. The number of nitrogens with two attached hydrogens (primary N) is 1. The number of sulfonamides is 1. The van der Waals surface area contributed by atoms with Crippen molar-refractivity contribution in [1.82, 2.24) is 4.31 Å². The number of nitrogens with zero attached hydrogens (tertiary/aromatic N) is 1. The lowest BCUT2D eigenvalue weighted by molar-refractivity contribution is 0.178. The molecule has 7 heteroatoms. The number of anilines is 2. The van der Waals surface area contributed by atoms with Gasteiger partial charge in [0.25, 0.3) is 0 Å². The maximum Gasteiger partial charge on any atom is 0.242 e. The van der Waals surface area contributed by atoms with Crippen LogP contribution in [0.15, 0.2) is 23.1 Å². The second-order valence-corrected chi connectivity index (χ2v) is 7.90. The van der Waals surface area contributed by atoms with E-state index in [1.165, 1.54) is 24.5 Å². The van der Waals surface area contributed by atoms with Gasteiger partial charge < -0.3 is 16.2 Å². The quantitative estimate of drug-likeness (QED) is 0.707. The summed E-state index contributed by atoms with van der Waals surface area (Å²) in [5, 5.41) is 12.7. The summed E-state index contributed by atoms with van der Waals surface area (Å²) < 4.78 is 25.4. The summed E-state index contributed by atoms with van der Waals surface area (Å²) in [6.07, 6.45) is 2.37. The van der Waals surface area contributed by atoms with Crippen LogP contribution in [0, 0.1) is 5.92 Å². The van der Waals surface area contributed by atoms with E-state index in [4.69, 9.17) is 5.73 Å². The van der Waals surface area contributed by atoms with Crippen LogP contribution in [0.2, 0.25) is 0 Å². The van der Waals surface area contributed by atoms with Gasteiger partial charge in [0, 0.05) is 20.6 Å². The van der Waals surface area contributed by atoms with Crippen LogP contribution in [0.5, 0.6) is 0 Å². The minimum absolute atomic E-state index is 0.213. The number of benzene rings is 1. The number of rotatable bonds is 5. The van der Waals surface area contributed by atoms with E-state index in [2.05, 4.69) is 5.32 Å². The summed E-state index contributed by atoms with van der Waals surface area (Å²) in [5.74, 6) is 0.397. The van der Waals surface area contributed by atoms with E-state index in [-0.39, 0.29) is 11.0 Å². The maximum absolute atomic E-state index is 12.1. The highest BCUT2D eigenvalue weighted by molar-refractivity contribution is 7.89. The second-order valence-electron chi connectivity index (χ2n) is 5.75. The van der Waals surface area contributed by atoms with Crippen molar-refractivity contribution in [3.05, 3.63) is 18.2 Å². The van der Waals surface area contributed by atoms with Crippen molar-refractivity contribution in [3.63, 3.8) is 0 Å². The van der Waals surface area contributed by atoms with Crippen LogP contribution in [-0.2, 0) is 10.0 Å². The lowest BCUT2D eigenvalue weighted by Crippen LogP contribution is -2.22. The molecule has 1 saturated carbocycles. The predicted octanol–water partition coefficient (Wildman–Crippen LogP) is 1.09. The van der Waals surface area contributed by atoms with Gasteiger partial charge in [0.15, 0.2) is 0 Å². The largest absolute Gasteiger partial charge is 0.397 e. The third-order valence-electron chi connectivity index (χ3n) is 3.90. The highest BCUT2D eigenvalue weighted by Gasteiger charge is 2.23. The highest BCUT2D eigenvalue weighted by Crippen LogP contribution is 2.28. The molecule has 118 valence electrons. The molecular weight excluding hydrogens is 290 g/mol. The van der Waals surface area contributed by atoms with Crippen LogP contribution in [-0.4, -0.2) is 44.6 Å². The molecule has 21 heavy (non-hydrogen) atoms. The van der Waals surface area contributed by atoms with Crippen molar-refractivity contribution in [3.8, 4) is 0 Å². The summed E-state index contributed by atoms with van der Waals surface area (Å²) in [6.45, 7) is 0.687. The second kappa shape index (κ2) is 6.21. The number of nitrogen functional groups attached to an aromatic ring is 1. The minimum Gasteiger partial charge on any atom is -0.397 e. The molecule has 1 aliphatic rings. The van der Waals surface area contributed by atoms with Crippen molar-refractivity contribution in [2.24, 2.45) is 5.92 Å². The maximum atomic E-state index is 12.1. The Morgan fingerprint density at radius 1 is 1.38 bits per heavy atom. The average molecular weight is 313 g/mol. The topological polar surface area (TPSA) is 95.7 Å². The summed E-state index contributed by atoms with van der Waals surface area (Å²) >= 11 is 0. The lowest BCUT2D eigenvalue weighted by atomic mass is 10.1. The monoisotopic (exact) mass is 313 g/mol. The fourth-order valence-electron chi connectivity index (χ4n) is 2.55. The van der Waals surface area contributed by atoms with Crippen LogP contribution < -0.4 is 11.1 Å². The molecule has 0 aromatic heterocycles. The van der Waals surface area contributed by atoms with Gasteiger partial charge in [-0.2, -0.15) is 0 Å². The molecular formula is C14H23N3O3S. The standard InChI is InChI=1S/C14H23N3O3S/c1-17(2)21(19,20)12-5-6-13(15)14(8-12)16-9-10-3-4-11(18)7-10/h5-6,8,10-11,16,18H,3-4,7,9,15H2,1-2H3. The van der Waals surface area contributed by atoms with Gasteiger partial charge in [-0.1, -0.05) is 0 Å². The summed E-state index contributed by atoms with van der Waals surface area (Å²) in [5.41, 5.74) is 7.04. The van der Waals surface area contributed by atoms with Gasteiger partial charge in [-0.05, 0) is 43.4 Å². The molecule has 0 radical (unpaired) electrons. The first-order valence-corrected chi connectivity index (χ1v) is 8.48. The van der Waals surface area contributed by atoms with Gasteiger partial charge in [-0.15, -0.1) is 0 Å². The third kappa shape index (κ3) is 3.66. The molecule has 0 bridgehead atoms. The van der Waals surface area contributed by atoms with Crippen LogP contribution in [0.25, 0.3) is 0 Å². The fraction of sp³-hybridized carbons (Fsp3) is 0.571. The van der Waals surface area contributed by atoms with Gasteiger partial charge in [0.1, 0.15) is 0 Å². The molecule has 6 nitrogen and oxygen atoms in total. The first kappa shape index (κ1) is 16.1. The van der Waals surface area contributed by atoms with Crippen molar-refractivity contribution in [2.45, 2.75) is 30.3 Å². The van der Waals surface area contributed by atoms with Gasteiger partial charge >= 0.3 is 0 Å². The van der Waals surface area contributed by atoms with Crippen molar-refractivity contribution in [1.29, 1.82) is 0 Å². The van der Waals surface area contributed by atoms with E-state index in [0.29, 0.717) is 23.8 Å². The number of nitrogens with one attached hydrogen (secondary N) is 1. The fourth-order valence-corrected chi connectivity index (χ4v) is 3.48. The number of hydrogen-bond donors (Lipinski definition) is 3. The molecule has 2 atom stereocenters. The Hall–Kier alpha value is -1.31. The molecule has 1 aliphatic carbocycles. The molecule has 2 unspecified atom stereocenters. The molecule has 1 aromatic carbocycles. The molecule has 2 rings (SSSR count). The van der Waals surface area contributed by atoms with E-state index in [9.17, 15) is 13.5 Å². The van der Waals surface area contributed by atoms with E-state index in [1.807, 2.05) is 0 Å². The molecule has 1 aromatic rings. The lowest BCUT2D eigenvalue weighted by Gasteiger charge is -2.16. The molecule has 0 saturated heterocycles. The van der Waals surface area contributed by atoms with E-state index in [1.54, 1.807) is 12.1 Å². The third-order valence-corrected chi connectivity index (χ3v) is 5.71. The SMILES string of the molecule is CN(C)S(=O)(=O)c1ccc(N)c(NCC2CCC(O)C2)c1. The Balaban J connectivity index is 2.13. The Bertz CT molecular complexity index is 601. The van der Waals surface area contributed by atoms with Crippen molar-refractivity contribution >= 4 is 21.4 Å². The zero-order chi connectivity index (χ0) is 15.6. The Labute approximate surface area is 126 Å². The molecule has 4 N–H and O–H groups in total. The highest BCUT2D eigenvalue weighted by atomic mass is 32.2. The number of hydrogen-bond acceptors (Lipinski definition) is 5. The normalized spacial score (nSPS) is 22.7. The minimum atomic E-state index is -3.46. The van der Waals surface area contributed by atoms with Crippen LogP contribution in [0.4, 0.5) is 11.4 Å². The van der Waals surface area contributed by atoms with Crippen molar-refractivity contribution in [2.75, 3.05) is 31.7 Å². The molecule has 0 spiro atoms. The molecule has 0 heterocycles. The van der Waals surface area contributed by atoms with Gasteiger partial charge in [-0.3, -0.25) is 0 Å². The first-order valence-electron chi connectivity index (χ1n) is 7.04. The molecule has 0 aliphatic heterocycles. The Morgan fingerprint density at radius 3 is 2.67 bits per heavy atom. The van der Waals surface area contributed by atoms with E-state index < -0.39 is 10.0 Å². The van der Waals surface area contributed by atoms with Gasteiger partial charge in [-0.25, -0.2) is 12.7 Å². The van der Waals surface area contributed by atoms with Crippen LogP contribution in [0.1, 0.15) is 19.3 Å². The zero-order valence-electron chi connectivity index (χ0n) is 12.4. The summed E-state index contributed by atoms with van der Waals surface area (Å²) in [6, 6.07) is 4.67. The predicted molar refractivity (Wildman–Crippen MR) is 83.6 cm³/mol. The molecule has 0 amide bonds. The first-order chi connectivity index (χ1) is 9.80. The van der Waals surface area contributed by atoms with Gasteiger partial charge in [0.05, 0.1) is 22.4 Å². The van der Waals surface area contributed by atoms with Crippen LogP contribution >= 0.6 is 0 Å². The number of aliphatic hydroxyl groups excluding tert-OH is 1. The van der Waals surface area contributed by atoms with E-state index >= 15 is 0 Å². The molecule has 1 fully saturated rings. The smallest absolute Gasteiger partial charge is 0.242 e. The summed E-state index contributed by atoms with van der Waals surface area (Å²) in [7, 11) is -0.467. The van der Waals surface area contributed by atoms with Crippen LogP contribution in [0.3, 0.4) is 0 Å². The van der Waals surface area contributed by atoms with Crippen molar-refractivity contribution < 1.29 is 13.5 Å². The van der Waals surface area contributed by atoms with Gasteiger partial charge in [0.2, 0.25) is 10.0 Å².